The fourth-order valence-electron chi connectivity index (χ4n) is 5.11. The van der Waals surface area contributed by atoms with Crippen molar-refractivity contribution in [1.29, 1.82) is 0 Å². The van der Waals surface area contributed by atoms with Gasteiger partial charge in [-0.2, -0.15) is 0 Å². The predicted octanol–water partition coefficient (Wildman–Crippen LogP) is 3.22. The average Bonchev–Trinajstić information content (AvgIpc) is 2.82. The Hall–Kier alpha value is -2.28. The van der Waals surface area contributed by atoms with Gasteiger partial charge in [-0.05, 0) is 41.7 Å². The van der Waals surface area contributed by atoms with Gasteiger partial charge in [0.15, 0.2) is 0 Å². The number of carbonyl (C=O) groups excluding carboxylic acids is 1. The molecule has 0 unspecified atom stereocenters. The van der Waals surface area contributed by atoms with E-state index in [9.17, 15) is 9.18 Å². The van der Waals surface area contributed by atoms with E-state index in [2.05, 4.69) is 24.4 Å². The normalized spacial score (nSPS) is 30.4. The molecule has 164 valence electrons. The summed E-state index contributed by atoms with van der Waals surface area (Å²) in [6, 6.07) is 14.6. The van der Waals surface area contributed by atoms with Gasteiger partial charge < -0.3 is 19.7 Å². The quantitative estimate of drug-likeness (QED) is 0.822. The van der Waals surface area contributed by atoms with Gasteiger partial charge in [0.05, 0.1) is 24.9 Å². The number of hydrogen-bond donors (Lipinski definition) is 1. The van der Waals surface area contributed by atoms with Gasteiger partial charge in [0.25, 0.3) is 5.91 Å². The number of halogens is 1. The van der Waals surface area contributed by atoms with Crippen LogP contribution in [0.4, 0.5) is 4.39 Å². The molecule has 31 heavy (non-hydrogen) atoms. The SMILES string of the molecule is CC[C@@H]1CN[C@H]2C[C@H](C(=O)N3CCc4ccccc4[C@@H]3c3ccc(F)cc3)OC[C@@H]2O1. The first-order valence-electron chi connectivity index (χ1n) is 11.3. The summed E-state index contributed by atoms with van der Waals surface area (Å²) in [6.45, 7) is 3.98. The van der Waals surface area contributed by atoms with Gasteiger partial charge in [0.2, 0.25) is 0 Å². The van der Waals surface area contributed by atoms with Gasteiger partial charge in [0, 0.05) is 25.6 Å². The van der Waals surface area contributed by atoms with Crippen LogP contribution in [0.15, 0.2) is 48.5 Å². The molecule has 1 amide bonds. The lowest BCUT2D eigenvalue weighted by molar-refractivity contribution is -0.171. The molecule has 0 aliphatic carbocycles. The fourth-order valence-corrected chi connectivity index (χ4v) is 5.11. The van der Waals surface area contributed by atoms with Gasteiger partial charge in [-0.25, -0.2) is 4.39 Å². The Morgan fingerprint density at radius 2 is 2.00 bits per heavy atom. The molecule has 5 atom stereocenters. The second kappa shape index (κ2) is 8.69. The Kier molecular flexibility index (Phi) is 5.78. The van der Waals surface area contributed by atoms with Crippen molar-refractivity contribution in [2.45, 2.75) is 56.6 Å². The Balaban J connectivity index is 1.39. The molecular formula is C25H29FN2O3. The number of rotatable bonds is 3. The van der Waals surface area contributed by atoms with Gasteiger partial charge in [0.1, 0.15) is 11.9 Å². The summed E-state index contributed by atoms with van der Waals surface area (Å²) in [5.74, 6) is -0.275. The second-order valence-electron chi connectivity index (χ2n) is 8.71. The van der Waals surface area contributed by atoms with E-state index in [0.29, 0.717) is 19.6 Å². The van der Waals surface area contributed by atoms with E-state index in [1.165, 1.54) is 17.7 Å². The van der Waals surface area contributed by atoms with Crippen LogP contribution in [0.1, 0.15) is 42.5 Å². The molecule has 0 spiro atoms. The van der Waals surface area contributed by atoms with E-state index in [1.807, 2.05) is 17.0 Å². The van der Waals surface area contributed by atoms with Gasteiger partial charge in [-0.3, -0.25) is 4.79 Å². The standard InChI is InChI=1S/C25H29FN2O3/c1-2-19-14-27-21-13-22(30-15-23(21)31-19)25(29)28-12-11-16-5-3-4-6-20(16)24(28)17-7-9-18(26)10-8-17/h3-10,19,21-24,27H,2,11-15H2,1H3/t19-,21+,22-,23+,24+/m1/s1. The summed E-state index contributed by atoms with van der Waals surface area (Å²) in [6.07, 6.45) is 2.08. The molecule has 3 heterocycles. The van der Waals surface area contributed by atoms with Crippen LogP contribution < -0.4 is 5.32 Å². The Morgan fingerprint density at radius 3 is 2.81 bits per heavy atom. The first kappa shape index (κ1) is 20.6. The van der Waals surface area contributed by atoms with Crippen molar-refractivity contribution in [2.75, 3.05) is 19.7 Å². The highest BCUT2D eigenvalue weighted by atomic mass is 19.1. The van der Waals surface area contributed by atoms with Crippen molar-refractivity contribution in [3.63, 3.8) is 0 Å². The third kappa shape index (κ3) is 4.00. The summed E-state index contributed by atoms with van der Waals surface area (Å²) in [5, 5.41) is 3.56. The maximum Gasteiger partial charge on any atom is 0.252 e. The van der Waals surface area contributed by atoms with E-state index < -0.39 is 6.10 Å². The third-order valence-corrected chi connectivity index (χ3v) is 6.84. The summed E-state index contributed by atoms with van der Waals surface area (Å²) in [4.78, 5) is 15.6. The molecule has 0 saturated carbocycles. The van der Waals surface area contributed by atoms with Crippen LogP contribution in [0.3, 0.4) is 0 Å². The number of nitrogens with zero attached hydrogens (tertiary/aromatic N) is 1. The second-order valence-corrected chi connectivity index (χ2v) is 8.71. The highest BCUT2D eigenvalue weighted by molar-refractivity contribution is 5.82. The highest BCUT2D eigenvalue weighted by Gasteiger charge is 2.42. The molecular weight excluding hydrogens is 395 g/mol. The van der Waals surface area contributed by atoms with Crippen molar-refractivity contribution in [3.05, 3.63) is 71.0 Å². The van der Waals surface area contributed by atoms with Crippen LogP contribution in [0.5, 0.6) is 0 Å². The zero-order chi connectivity index (χ0) is 21.4. The maximum absolute atomic E-state index is 13.7. The monoisotopic (exact) mass is 424 g/mol. The molecule has 2 aromatic rings. The number of carbonyl (C=O) groups is 1. The van der Waals surface area contributed by atoms with E-state index in [-0.39, 0.29) is 36.0 Å². The van der Waals surface area contributed by atoms with Gasteiger partial charge >= 0.3 is 0 Å². The molecule has 5 nitrogen and oxygen atoms in total. The smallest absolute Gasteiger partial charge is 0.252 e. The Morgan fingerprint density at radius 1 is 1.19 bits per heavy atom. The lowest BCUT2D eigenvalue weighted by Gasteiger charge is -2.44. The molecule has 2 aromatic carbocycles. The largest absolute Gasteiger partial charge is 0.370 e. The first-order chi connectivity index (χ1) is 15.1. The molecule has 1 N–H and O–H groups in total. The zero-order valence-electron chi connectivity index (χ0n) is 17.8. The van der Waals surface area contributed by atoms with Crippen molar-refractivity contribution >= 4 is 5.91 Å². The molecule has 0 aromatic heterocycles. The van der Waals surface area contributed by atoms with Crippen molar-refractivity contribution in [3.8, 4) is 0 Å². The molecule has 0 bridgehead atoms. The number of ether oxygens (including phenoxy) is 2. The van der Waals surface area contributed by atoms with Gasteiger partial charge in [-0.1, -0.05) is 43.3 Å². The number of morpholine rings is 1. The van der Waals surface area contributed by atoms with E-state index in [0.717, 1.165) is 30.5 Å². The van der Waals surface area contributed by atoms with Crippen LogP contribution in [0.2, 0.25) is 0 Å². The number of fused-ring (bicyclic) bond motifs is 2. The van der Waals surface area contributed by atoms with Crippen molar-refractivity contribution < 1.29 is 18.7 Å². The summed E-state index contributed by atoms with van der Waals surface area (Å²) in [5.41, 5.74) is 3.26. The van der Waals surface area contributed by atoms with Crippen LogP contribution in [0, 0.1) is 5.82 Å². The molecule has 0 radical (unpaired) electrons. The van der Waals surface area contributed by atoms with Crippen molar-refractivity contribution in [1.82, 2.24) is 10.2 Å². The minimum Gasteiger partial charge on any atom is -0.370 e. The molecule has 3 aliphatic heterocycles. The molecule has 6 heteroatoms. The Labute approximate surface area is 182 Å². The topological polar surface area (TPSA) is 50.8 Å². The molecule has 2 saturated heterocycles. The van der Waals surface area contributed by atoms with E-state index in [4.69, 9.17) is 9.47 Å². The molecule has 2 fully saturated rings. The Bertz CT molecular complexity index is 935. The number of amides is 1. The summed E-state index contributed by atoms with van der Waals surface area (Å²) >= 11 is 0. The van der Waals surface area contributed by atoms with Gasteiger partial charge in [-0.15, -0.1) is 0 Å². The lowest BCUT2D eigenvalue weighted by Crippen LogP contribution is -2.60. The van der Waals surface area contributed by atoms with E-state index in [1.54, 1.807) is 12.1 Å². The lowest BCUT2D eigenvalue weighted by atomic mass is 9.87. The van der Waals surface area contributed by atoms with Crippen LogP contribution in [0.25, 0.3) is 0 Å². The maximum atomic E-state index is 13.7. The summed E-state index contributed by atoms with van der Waals surface area (Å²) in [7, 11) is 0. The van der Waals surface area contributed by atoms with Crippen molar-refractivity contribution in [2.24, 2.45) is 0 Å². The third-order valence-electron chi connectivity index (χ3n) is 6.84. The predicted molar refractivity (Wildman–Crippen MR) is 115 cm³/mol. The van der Waals surface area contributed by atoms with Crippen LogP contribution >= 0.6 is 0 Å². The average molecular weight is 425 g/mol. The highest BCUT2D eigenvalue weighted by Crippen LogP contribution is 2.36. The number of nitrogens with one attached hydrogen (secondary N) is 1. The minimum atomic E-state index is -0.497. The minimum absolute atomic E-state index is 0.00157. The first-order valence-corrected chi connectivity index (χ1v) is 11.3. The fraction of sp³-hybridized carbons (Fsp3) is 0.480. The van der Waals surface area contributed by atoms with Crippen LogP contribution in [-0.4, -0.2) is 54.9 Å². The number of hydrogen-bond acceptors (Lipinski definition) is 4. The zero-order valence-corrected chi connectivity index (χ0v) is 17.8. The van der Waals surface area contributed by atoms with E-state index >= 15 is 0 Å². The summed E-state index contributed by atoms with van der Waals surface area (Å²) < 4.78 is 25.7. The van der Waals surface area contributed by atoms with Crippen LogP contribution in [-0.2, 0) is 20.7 Å². The molecule has 5 rings (SSSR count). The molecule has 3 aliphatic rings. The number of benzene rings is 2.